The molecule has 34 heavy (non-hydrogen) atoms. The van der Waals surface area contributed by atoms with Gasteiger partial charge in [0.15, 0.2) is 5.69 Å². The van der Waals surface area contributed by atoms with Crippen LogP contribution in [-0.2, 0) is 25.3 Å². The first-order valence-electron chi connectivity index (χ1n) is 10.3. The van der Waals surface area contributed by atoms with E-state index in [2.05, 4.69) is 5.10 Å². The van der Waals surface area contributed by atoms with E-state index >= 15 is 0 Å². The van der Waals surface area contributed by atoms with Crippen molar-refractivity contribution in [3.05, 3.63) is 87.4 Å². The van der Waals surface area contributed by atoms with Crippen LogP contribution in [0.5, 0.6) is 0 Å². The van der Waals surface area contributed by atoms with Crippen LogP contribution >= 0.6 is 11.6 Å². The number of alkyl halides is 3. The Labute approximate surface area is 196 Å². The lowest BCUT2D eigenvalue weighted by molar-refractivity contribution is -0.142. The van der Waals surface area contributed by atoms with Crippen molar-refractivity contribution >= 4 is 23.4 Å². The SMILES string of the molecule is Cn1cc(C(=O)N2CCN3C(=O)c4ccc(F)cc4CC32c2ccc(Cl)cc2)c(C(F)(F)F)n1. The molecule has 2 aromatic carbocycles. The van der Waals surface area contributed by atoms with Crippen LogP contribution in [0, 0.1) is 5.82 Å². The Hall–Kier alpha value is -3.40. The summed E-state index contributed by atoms with van der Waals surface area (Å²) in [4.78, 5) is 29.8. The quantitative estimate of drug-likeness (QED) is 0.503. The lowest BCUT2D eigenvalue weighted by Gasteiger charge is -2.47. The number of hydrogen-bond donors (Lipinski definition) is 0. The van der Waals surface area contributed by atoms with Gasteiger partial charge < -0.3 is 9.80 Å². The van der Waals surface area contributed by atoms with Crippen molar-refractivity contribution < 1.29 is 27.2 Å². The minimum atomic E-state index is -4.85. The summed E-state index contributed by atoms with van der Waals surface area (Å²) in [5, 5.41) is 3.85. The van der Waals surface area contributed by atoms with Crippen molar-refractivity contribution in [1.82, 2.24) is 19.6 Å². The molecule has 5 rings (SSSR count). The molecule has 1 fully saturated rings. The second-order valence-corrected chi connectivity index (χ2v) is 8.71. The summed E-state index contributed by atoms with van der Waals surface area (Å²) >= 11 is 6.04. The van der Waals surface area contributed by atoms with Crippen LogP contribution < -0.4 is 0 Å². The zero-order chi connectivity index (χ0) is 24.4. The van der Waals surface area contributed by atoms with E-state index in [9.17, 15) is 27.2 Å². The van der Waals surface area contributed by atoms with Crippen LogP contribution in [0.2, 0.25) is 5.02 Å². The van der Waals surface area contributed by atoms with Crippen LogP contribution in [0.25, 0.3) is 0 Å². The van der Waals surface area contributed by atoms with Gasteiger partial charge in [-0.25, -0.2) is 4.39 Å². The average Bonchev–Trinajstić information content (AvgIpc) is 3.35. The van der Waals surface area contributed by atoms with Gasteiger partial charge >= 0.3 is 6.18 Å². The molecule has 1 saturated heterocycles. The van der Waals surface area contributed by atoms with Gasteiger partial charge in [-0.1, -0.05) is 23.7 Å². The first-order chi connectivity index (χ1) is 16.0. The summed E-state index contributed by atoms with van der Waals surface area (Å²) in [7, 11) is 1.29. The lowest BCUT2D eigenvalue weighted by atomic mass is 9.83. The fraction of sp³-hybridized carbons (Fsp3) is 0.261. The maximum Gasteiger partial charge on any atom is 0.435 e. The highest BCUT2D eigenvalue weighted by molar-refractivity contribution is 6.30. The van der Waals surface area contributed by atoms with E-state index in [1.165, 1.54) is 35.0 Å². The summed E-state index contributed by atoms with van der Waals surface area (Å²) in [6.07, 6.45) is -3.83. The van der Waals surface area contributed by atoms with Crippen molar-refractivity contribution in [2.45, 2.75) is 18.3 Å². The summed E-state index contributed by atoms with van der Waals surface area (Å²) in [5.41, 5.74) is -2.27. The molecule has 2 amide bonds. The molecule has 3 aromatic rings. The molecule has 176 valence electrons. The molecule has 0 radical (unpaired) electrons. The number of halogens is 5. The molecule has 0 spiro atoms. The van der Waals surface area contributed by atoms with E-state index < -0.39 is 40.7 Å². The van der Waals surface area contributed by atoms with E-state index in [1.807, 2.05) is 0 Å². The second-order valence-electron chi connectivity index (χ2n) is 8.28. The molecule has 11 heteroatoms. The number of carbonyl (C=O) groups excluding carboxylic acids is 2. The normalized spacial score (nSPS) is 19.9. The Bertz CT molecular complexity index is 1320. The van der Waals surface area contributed by atoms with Crippen LogP contribution in [0.1, 0.15) is 37.5 Å². The monoisotopic (exact) mass is 492 g/mol. The Kier molecular flexibility index (Phi) is 4.98. The van der Waals surface area contributed by atoms with Crippen molar-refractivity contribution in [2.75, 3.05) is 13.1 Å². The number of aromatic nitrogens is 2. The molecule has 0 aliphatic carbocycles. The molecular formula is C23H17ClF4N4O2. The highest BCUT2D eigenvalue weighted by Crippen LogP contribution is 2.46. The van der Waals surface area contributed by atoms with Crippen LogP contribution in [-0.4, -0.2) is 44.5 Å². The predicted octanol–water partition coefficient (Wildman–Crippen LogP) is 4.24. The smallest absolute Gasteiger partial charge is 0.309 e. The van der Waals surface area contributed by atoms with Crippen molar-refractivity contribution in [1.29, 1.82) is 0 Å². The number of hydrogen-bond acceptors (Lipinski definition) is 3. The maximum atomic E-state index is 14.1. The molecule has 3 heterocycles. The topological polar surface area (TPSA) is 58.4 Å². The highest BCUT2D eigenvalue weighted by Gasteiger charge is 2.56. The average molecular weight is 493 g/mol. The van der Waals surface area contributed by atoms with Crippen LogP contribution in [0.3, 0.4) is 0 Å². The van der Waals surface area contributed by atoms with Gasteiger partial charge in [-0.05, 0) is 41.5 Å². The maximum absolute atomic E-state index is 14.1. The molecule has 1 unspecified atom stereocenters. The van der Waals surface area contributed by atoms with Gasteiger partial charge in [0.25, 0.3) is 11.8 Å². The van der Waals surface area contributed by atoms with Crippen LogP contribution in [0.15, 0.2) is 48.7 Å². The van der Waals surface area contributed by atoms with E-state index in [0.717, 1.165) is 10.9 Å². The molecule has 1 atom stereocenters. The van der Waals surface area contributed by atoms with Crippen molar-refractivity contribution in [2.24, 2.45) is 7.05 Å². The summed E-state index contributed by atoms with van der Waals surface area (Å²) < 4.78 is 55.9. The lowest BCUT2D eigenvalue weighted by Crippen LogP contribution is -2.58. The number of rotatable bonds is 2. The van der Waals surface area contributed by atoms with Crippen molar-refractivity contribution in [3.63, 3.8) is 0 Å². The number of amides is 2. The van der Waals surface area contributed by atoms with Gasteiger partial charge in [0.2, 0.25) is 0 Å². The van der Waals surface area contributed by atoms with E-state index in [4.69, 9.17) is 11.6 Å². The third-order valence-electron chi connectivity index (χ3n) is 6.30. The second kappa shape index (κ2) is 7.56. The molecular weight excluding hydrogens is 476 g/mol. The van der Waals surface area contributed by atoms with E-state index in [1.54, 1.807) is 24.3 Å². The van der Waals surface area contributed by atoms with Gasteiger partial charge in [-0.15, -0.1) is 0 Å². The number of nitrogens with zero attached hydrogens (tertiary/aromatic N) is 4. The number of fused-ring (bicyclic) bond motifs is 2. The molecule has 2 aliphatic heterocycles. The van der Waals surface area contributed by atoms with Gasteiger partial charge in [-0.2, -0.15) is 18.3 Å². The molecule has 0 bridgehead atoms. The number of benzene rings is 2. The number of carbonyl (C=O) groups is 2. The predicted molar refractivity (Wildman–Crippen MR) is 114 cm³/mol. The van der Waals surface area contributed by atoms with Gasteiger partial charge in [0.1, 0.15) is 11.5 Å². The summed E-state index contributed by atoms with van der Waals surface area (Å²) in [5.74, 6) is -1.92. The van der Waals surface area contributed by atoms with Gasteiger partial charge in [0.05, 0.1) is 5.56 Å². The summed E-state index contributed by atoms with van der Waals surface area (Å²) in [6.45, 7) is 0.0709. The number of aryl methyl sites for hydroxylation is 1. The van der Waals surface area contributed by atoms with Gasteiger partial charge in [0, 0.05) is 43.3 Å². The molecule has 0 saturated carbocycles. The minimum Gasteiger partial charge on any atom is -0.309 e. The molecule has 2 aliphatic rings. The Balaban J connectivity index is 1.71. The Morgan fingerprint density at radius 2 is 1.82 bits per heavy atom. The fourth-order valence-electron chi connectivity index (χ4n) is 4.90. The highest BCUT2D eigenvalue weighted by atomic mass is 35.5. The third kappa shape index (κ3) is 3.27. The van der Waals surface area contributed by atoms with Crippen molar-refractivity contribution in [3.8, 4) is 0 Å². The third-order valence-corrected chi connectivity index (χ3v) is 6.55. The minimum absolute atomic E-state index is 0.000813. The zero-order valence-corrected chi connectivity index (χ0v) is 18.5. The fourth-order valence-corrected chi connectivity index (χ4v) is 5.03. The standard InChI is InChI=1S/C23H17ClF4N4O2/c1-30-12-18(19(29-30)23(26,27)28)21(34)32-9-8-31-20(33)17-7-6-16(25)10-13(17)11-22(31,32)14-2-4-15(24)5-3-14/h2-7,10,12H,8-9,11H2,1H3. The Morgan fingerprint density at radius 3 is 2.50 bits per heavy atom. The first kappa shape index (κ1) is 22.4. The van der Waals surface area contributed by atoms with Gasteiger partial charge in [-0.3, -0.25) is 14.3 Å². The zero-order valence-electron chi connectivity index (χ0n) is 17.7. The first-order valence-corrected chi connectivity index (χ1v) is 10.7. The summed E-state index contributed by atoms with van der Waals surface area (Å²) in [6, 6.07) is 10.2. The van der Waals surface area contributed by atoms with E-state index in [-0.39, 0.29) is 25.1 Å². The Morgan fingerprint density at radius 1 is 1.12 bits per heavy atom. The van der Waals surface area contributed by atoms with Crippen LogP contribution in [0.4, 0.5) is 17.6 Å². The van der Waals surface area contributed by atoms with E-state index in [0.29, 0.717) is 16.1 Å². The largest absolute Gasteiger partial charge is 0.435 e. The molecule has 0 N–H and O–H groups in total. The molecule has 6 nitrogen and oxygen atoms in total. The molecule has 1 aromatic heterocycles.